The first-order valence-corrected chi connectivity index (χ1v) is 10.7. The van der Waals surface area contributed by atoms with E-state index >= 15 is 0 Å². The SMILES string of the molecule is CCN(CC)C(=S)SC(C)C(=O)Nc1ccc2c(c1)C(=O)c1ccccc1C2=O. The Morgan fingerprint density at radius 1 is 1.00 bits per heavy atom. The highest BCUT2D eigenvalue weighted by Gasteiger charge is 2.29. The first kappa shape index (κ1) is 21.2. The molecule has 0 spiro atoms. The summed E-state index contributed by atoms with van der Waals surface area (Å²) in [5.74, 6) is -0.600. The number of ketones is 2. The molecule has 7 heteroatoms. The second-order valence-corrected chi connectivity index (χ2v) is 8.63. The number of rotatable bonds is 5. The van der Waals surface area contributed by atoms with Crippen LogP contribution in [-0.4, -0.2) is 45.0 Å². The maximum atomic E-state index is 12.8. The lowest BCUT2D eigenvalue weighted by atomic mass is 9.84. The molecule has 1 atom stereocenters. The molecule has 2 aromatic rings. The molecule has 29 heavy (non-hydrogen) atoms. The van der Waals surface area contributed by atoms with Crippen LogP contribution in [0.2, 0.25) is 0 Å². The zero-order chi connectivity index (χ0) is 21.1. The van der Waals surface area contributed by atoms with Crippen LogP contribution in [-0.2, 0) is 4.79 Å². The van der Waals surface area contributed by atoms with Crippen molar-refractivity contribution in [2.75, 3.05) is 18.4 Å². The van der Waals surface area contributed by atoms with Gasteiger partial charge in [0, 0.05) is 41.0 Å². The van der Waals surface area contributed by atoms with Crippen LogP contribution in [0.5, 0.6) is 0 Å². The summed E-state index contributed by atoms with van der Waals surface area (Å²) in [6, 6.07) is 11.6. The lowest BCUT2D eigenvalue weighted by Gasteiger charge is -2.23. The van der Waals surface area contributed by atoms with Gasteiger partial charge in [0.15, 0.2) is 11.6 Å². The van der Waals surface area contributed by atoms with Gasteiger partial charge >= 0.3 is 0 Å². The third-order valence-electron chi connectivity index (χ3n) is 4.86. The fourth-order valence-corrected chi connectivity index (χ4v) is 4.75. The first-order chi connectivity index (χ1) is 13.9. The van der Waals surface area contributed by atoms with E-state index in [1.165, 1.54) is 11.8 Å². The molecule has 0 saturated heterocycles. The number of hydrogen-bond acceptors (Lipinski definition) is 5. The molecule has 1 N–H and O–H groups in total. The van der Waals surface area contributed by atoms with Gasteiger partial charge in [-0.3, -0.25) is 14.4 Å². The molecule has 1 aliphatic carbocycles. The molecule has 1 amide bonds. The fraction of sp³-hybridized carbons (Fsp3) is 0.273. The largest absolute Gasteiger partial charge is 0.358 e. The summed E-state index contributed by atoms with van der Waals surface area (Å²) in [5.41, 5.74) is 1.96. The molecule has 0 saturated carbocycles. The van der Waals surface area contributed by atoms with Gasteiger partial charge in [0.25, 0.3) is 0 Å². The number of hydrogen-bond donors (Lipinski definition) is 1. The van der Waals surface area contributed by atoms with E-state index in [1.54, 1.807) is 49.4 Å². The molecule has 150 valence electrons. The minimum Gasteiger partial charge on any atom is -0.358 e. The molecule has 5 nitrogen and oxygen atoms in total. The summed E-state index contributed by atoms with van der Waals surface area (Å²) < 4.78 is 0.681. The minimum atomic E-state index is -0.391. The van der Waals surface area contributed by atoms with Crippen LogP contribution in [0.1, 0.15) is 52.6 Å². The average Bonchev–Trinajstić information content (AvgIpc) is 2.72. The van der Waals surface area contributed by atoms with Gasteiger partial charge < -0.3 is 10.2 Å². The number of amides is 1. The summed E-state index contributed by atoms with van der Waals surface area (Å²) in [4.78, 5) is 40.1. The molecule has 0 bridgehead atoms. The molecule has 0 aromatic heterocycles. The third-order valence-corrected chi connectivity index (χ3v) is 6.44. The highest BCUT2D eigenvalue weighted by Crippen LogP contribution is 2.29. The maximum Gasteiger partial charge on any atom is 0.237 e. The van der Waals surface area contributed by atoms with Crippen molar-refractivity contribution >= 4 is 51.5 Å². The fourth-order valence-electron chi connectivity index (χ4n) is 3.18. The summed E-state index contributed by atoms with van der Waals surface area (Å²) >= 11 is 6.74. The molecular weight excluding hydrogens is 404 g/mol. The van der Waals surface area contributed by atoms with E-state index in [9.17, 15) is 14.4 Å². The predicted octanol–water partition coefficient (Wildman–Crippen LogP) is 4.15. The Balaban J connectivity index is 1.77. The van der Waals surface area contributed by atoms with E-state index < -0.39 is 5.25 Å². The number of fused-ring (bicyclic) bond motifs is 2. The van der Waals surface area contributed by atoms with E-state index in [-0.39, 0.29) is 17.5 Å². The normalized spacial score (nSPS) is 13.3. The van der Waals surface area contributed by atoms with E-state index in [0.29, 0.717) is 32.3 Å². The number of nitrogens with one attached hydrogen (secondary N) is 1. The van der Waals surface area contributed by atoms with Gasteiger partial charge in [-0.2, -0.15) is 0 Å². The molecule has 2 aromatic carbocycles. The van der Waals surface area contributed by atoms with Gasteiger partial charge in [0.05, 0.1) is 5.25 Å². The second-order valence-electron chi connectivity index (χ2n) is 6.65. The standard InChI is InChI=1S/C22H22N2O3S2/c1-4-24(5-2)22(28)29-13(3)21(27)23-14-10-11-17-18(12-14)20(26)16-9-7-6-8-15(16)19(17)25/h6-13H,4-5H2,1-3H3,(H,23,27). The number of benzene rings is 2. The third kappa shape index (κ3) is 4.26. The van der Waals surface area contributed by atoms with Gasteiger partial charge in [-0.25, -0.2) is 0 Å². The van der Waals surface area contributed by atoms with Gasteiger partial charge in [0.1, 0.15) is 4.32 Å². The Hall–Kier alpha value is -2.51. The molecule has 1 unspecified atom stereocenters. The zero-order valence-electron chi connectivity index (χ0n) is 16.5. The highest BCUT2D eigenvalue weighted by molar-refractivity contribution is 8.23. The molecule has 1 aliphatic rings. The summed E-state index contributed by atoms with van der Waals surface area (Å²) in [5, 5.41) is 2.44. The zero-order valence-corrected chi connectivity index (χ0v) is 18.2. The molecule has 0 aliphatic heterocycles. The Labute approximate surface area is 179 Å². The quantitative estimate of drug-likeness (QED) is 0.619. The Morgan fingerprint density at radius 2 is 1.55 bits per heavy atom. The lowest BCUT2D eigenvalue weighted by Crippen LogP contribution is -2.31. The monoisotopic (exact) mass is 426 g/mol. The smallest absolute Gasteiger partial charge is 0.237 e. The first-order valence-electron chi connectivity index (χ1n) is 9.46. The van der Waals surface area contributed by atoms with Crippen LogP contribution >= 0.6 is 24.0 Å². The topological polar surface area (TPSA) is 66.5 Å². The minimum absolute atomic E-state index is 0.179. The van der Waals surface area contributed by atoms with Crippen molar-refractivity contribution in [1.82, 2.24) is 4.90 Å². The van der Waals surface area contributed by atoms with Crippen molar-refractivity contribution in [1.29, 1.82) is 0 Å². The van der Waals surface area contributed by atoms with Gasteiger partial charge in [-0.05, 0) is 39.0 Å². The molecule has 3 rings (SSSR count). The Kier molecular flexibility index (Phi) is 6.49. The van der Waals surface area contributed by atoms with Crippen LogP contribution < -0.4 is 5.32 Å². The number of carbonyl (C=O) groups excluding carboxylic acids is 3. The van der Waals surface area contributed by atoms with Gasteiger partial charge in [-0.15, -0.1) is 0 Å². The maximum absolute atomic E-state index is 12.8. The summed E-state index contributed by atoms with van der Waals surface area (Å²) in [6.45, 7) is 7.41. The Bertz CT molecular complexity index is 999. The van der Waals surface area contributed by atoms with E-state index in [0.717, 1.165) is 13.1 Å². The van der Waals surface area contributed by atoms with E-state index in [4.69, 9.17) is 12.2 Å². The van der Waals surface area contributed by atoms with Crippen molar-refractivity contribution in [3.8, 4) is 0 Å². The van der Waals surface area contributed by atoms with Crippen LogP contribution in [0.25, 0.3) is 0 Å². The van der Waals surface area contributed by atoms with E-state index in [2.05, 4.69) is 5.32 Å². The lowest BCUT2D eigenvalue weighted by molar-refractivity contribution is -0.115. The van der Waals surface area contributed by atoms with Crippen LogP contribution in [0, 0.1) is 0 Å². The number of thiocarbonyl (C=S) groups is 1. The number of thioether (sulfide) groups is 1. The van der Waals surface area contributed by atoms with Gasteiger partial charge in [-0.1, -0.05) is 48.2 Å². The predicted molar refractivity (Wildman–Crippen MR) is 121 cm³/mol. The van der Waals surface area contributed by atoms with Crippen molar-refractivity contribution < 1.29 is 14.4 Å². The van der Waals surface area contributed by atoms with Crippen LogP contribution in [0.15, 0.2) is 42.5 Å². The summed E-state index contributed by atoms with van der Waals surface area (Å²) in [6.07, 6.45) is 0. The van der Waals surface area contributed by atoms with Crippen LogP contribution in [0.3, 0.4) is 0 Å². The van der Waals surface area contributed by atoms with Crippen molar-refractivity contribution in [3.63, 3.8) is 0 Å². The molecule has 0 heterocycles. The van der Waals surface area contributed by atoms with E-state index in [1.807, 2.05) is 18.7 Å². The van der Waals surface area contributed by atoms with Crippen LogP contribution in [0.4, 0.5) is 5.69 Å². The Morgan fingerprint density at radius 3 is 2.14 bits per heavy atom. The number of carbonyl (C=O) groups is 3. The number of anilines is 1. The van der Waals surface area contributed by atoms with Crippen molar-refractivity contribution in [2.45, 2.75) is 26.0 Å². The molecule has 0 fully saturated rings. The average molecular weight is 427 g/mol. The second kappa shape index (κ2) is 8.88. The summed E-state index contributed by atoms with van der Waals surface area (Å²) in [7, 11) is 0. The molecular formula is C22H22N2O3S2. The molecule has 0 radical (unpaired) electrons. The van der Waals surface area contributed by atoms with Crippen molar-refractivity contribution in [2.24, 2.45) is 0 Å². The van der Waals surface area contributed by atoms with Gasteiger partial charge in [0.2, 0.25) is 5.91 Å². The van der Waals surface area contributed by atoms with Crippen molar-refractivity contribution in [3.05, 3.63) is 64.7 Å². The highest BCUT2D eigenvalue weighted by atomic mass is 32.2. The number of nitrogens with zero attached hydrogens (tertiary/aromatic N) is 1.